The Morgan fingerprint density at radius 2 is 1.35 bits per heavy atom. The lowest BCUT2D eigenvalue weighted by Gasteiger charge is -2.38. The van der Waals surface area contributed by atoms with Gasteiger partial charge in [-0.3, -0.25) is 28.0 Å². The van der Waals surface area contributed by atoms with Gasteiger partial charge in [0.05, 0.1) is 37.4 Å². The zero-order valence-corrected chi connectivity index (χ0v) is 50.1. The average molecular weight is 1180 g/mol. The van der Waals surface area contributed by atoms with Gasteiger partial charge in [-0.1, -0.05) is 193 Å². The van der Waals surface area contributed by atoms with Crippen LogP contribution in [0.25, 0.3) is 0 Å². The van der Waals surface area contributed by atoms with Gasteiger partial charge in [-0.15, -0.1) is 0 Å². The maximum Gasteiger partial charge on any atom is 0.481 e. The quantitative estimate of drug-likeness (QED) is 0.0157. The second kappa shape index (κ2) is 40.4. The number of hydrogen-bond donors (Lipinski definition) is 7. The minimum absolute atomic E-state index is 0.000255. The third-order valence-corrected chi connectivity index (χ3v) is 17.9. The second-order valence-corrected chi connectivity index (χ2v) is 25.3. The number of carbonyl (C=O) groups is 3. The summed E-state index contributed by atoms with van der Waals surface area (Å²) < 4.78 is 59.2. The van der Waals surface area contributed by atoms with Gasteiger partial charge in [0, 0.05) is 31.4 Å². The summed E-state index contributed by atoms with van der Waals surface area (Å²) in [5, 5.41) is 45.6. The molecule has 462 valence electrons. The number of aliphatic hydroxyl groups excluding tert-OH is 4. The Balaban J connectivity index is 1.59. The van der Waals surface area contributed by atoms with Gasteiger partial charge in [0.2, 0.25) is 0 Å². The number of phosphoric ester groups is 2. The van der Waals surface area contributed by atoms with Crippen LogP contribution in [0, 0.1) is 17.8 Å². The van der Waals surface area contributed by atoms with Crippen LogP contribution in [0.5, 0.6) is 0 Å². The molecule has 0 spiro atoms. The summed E-state index contributed by atoms with van der Waals surface area (Å²) in [6.07, 6.45) is 19.8. The normalized spacial score (nSPS) is 28.1. The maximum atomic E-state index is 14.3. The first-order valence-electron chi connectivity index (χ1n) is 30.2. The number of nitrogens with two attached hydrogens (primary N) is 1. The van der Waals surface area contributed by atoms with Crippen molar-refractivity contribution in [2.75, 3.05) is 25.6 Å². The Morgan fingerprint density at radius 3 is 1.94 bits per heavy atom. The standard InChI is InChI=1S/C57H101N3O18P2/c1-4-6-25-31-44(61)35-36-46-48(62)39-49(63)47-32-27-23-24-29-34-53(65)76-45(40-73-52(64)33-28-22-20-18-16-14-12-10-8-7-9-11-13-15-17-19-21-26-30-43(3)5-2)41-74-79(69,70)78-80(71,72)75-42-50(55(67)54(46)66)77-56(47)60-38-37-51(58)59-57(60)68/h35-38,43-48,50,54-56,61-62,66-67H,4-34,39-42H2,1-3H3,(H,69,70)(H,71,72)(H2,58,59,68)/b36-35-/t43?,44-,45+,46-,47-,48+,50+,54-,55+,56+/m0/s1. The molecule has 0 radical (unpaired) electrons. The van der Waals surface area contributed by atoms with Gasteiger partial charge < -0.3 is 50.2 Å². The van der Waals surface area contributed by atoms with E-state index in [1.807, 2.05) is 6.92 Å². The highest BCUT2D eigenvalue weighted by atomic mass is 31.3. The molecule has 2 saturated heterocycles. The third-order valence-electron chi connectivity index (χ3n) is 15.3. The molecule has 2 fully saturated rings. The molecular formula is C57H101N3O18P2. The lowest BCUT2D eigenvalue weighted by Crippen LogP contribution is -2.51. The van der Waals surface area contributed by atoms with Crippen molar-refractivity contribution in [3.05, 3.63) is 34.9 Å². The van der Waals surface area contributed by atoms with Crippen LogP contribution in [0.3, 0.4) is 0 Å². The maximum absolute atomic E-state index is 14.3. The predicted molar refractivity (Wildman–Crippen MR) is 304 cm³/mol. The first kappa shape index (κ1) is 71.4. The van der Waals surface area contributed by atoms with Crippen molar-refractivity contribution in [1.82, 2.24) is 9.55 Å². The summed E-state index contributed by atoms with van der Waals surface area (Å²) >= 11 is 0. The molecule has 3 rings (SSSR count). The molecule has 2 aliphatic heterocycles. The number of unbranched alkanes of at least 4 members (excludes halogenated alkanes) is 19. The van der Waals surface area contributed by atoms with Gasteiger partial charge in [-0.2, -0.15) is 9.29 Å². The number of Topliss-reactive ketones (excluding diaryl/α,β-unsaturated/α-hetero) is 1. The van der Waals surface area contributed by atoms with Crippen molar-refractivity contribution in [1.29, 1.82) is 0 Å². The molecule has 1 aromatic heterocycles. The number of aromatic nitrogens is 2. The summed E-state index contributed by atoms with van der Waals surface area (Å²) in [6.45, 7) is 3.92. The van der Waals surface area contributed by atoms with Crippen LogP contribution in [0.15, 0.2) is 29.2 Å². The number of nitrogens with zero attached hydrogens (tertiary/aromatic N) is 2. The number of cyclic esters (lactones) is 1. The molecule has 0 aliphatic carbocycles. The van der Waals surface area contributed by atoms with Crippen molar-refractivity contribution in [2.45, 2.75) is 269 Å². The number of hydrogen-bond acceptors (Lipinski definition) is 18. The number of esters is 2. The molecule has 3 unspecified atom stereocenters. The van der Waals surface area contributed by atoms with Crippen LogP contribution in [0.1, 0.15) is 232 Å². The number of aliphatic hydroxyl groups is 4. The summed E-state index contributed by atoms with van der Waals surface area (Å²) in [5.74, 6) is -4.03. The largest absolute Gasteiger partial charge is 0.481 e. The molecule has 23 heteroatoms. The minimum atomic E-state index is -5.71. The van der Waals surface area contributed by atoms with E-state index < -0.39 is 120 Å². The average Bonchev–Trinajstić information content (AvgIpc) is 3.40. The number of anilines is 1. The number of nitrogen functional groups attached to an aromatic ring is 1. The smallest absolute Gasteiger partial charge is 0.462 e. The van der Waals surface area contributed by atoms with Crippen LogP contribution in [-0.2, 0) is 51.1 Å². The molecule has 21 nitrogen and oxygen atoms in total. The third kappa shape index (κ3) is 30.1. The molecule has 0 amide bonds. The Bertz CT molecular complexity index is 2080. The second-order valence-electron chi connectivity index (χ2n) is 22.2. The van der Waals surface area contributed by atoms with Crippen LogP contribution in [0.4, 0.5) is 5.82 Å². The van der Waals surface area contributed by atoms with E-state index in [0.717, 1.165) is 49.0 Å². The molecule has 1 aromatic rings. The van der Waals surface area contributed by atoms with Crippen LogP contribution in [0.2, 0.25) is 0 Å². The summed E-state index contributed by atoms with van der Waals surface area (Å²) in [5.41, 5.74) is 4.77. The fourth-order valence-corrected chi connectivity index (χ4v) is 12.2. The first-order valence-corrected chi connectivity index (χ1v) is 33.2. The highest BCUT2D eigenvalue weighted by Crippen LogP contribution is 2.60. The Morgan fingerprint density at radius 1 is 0.787 bits per heavy atom. The number of ketones is 1. The number of rotatable bonds is 31. The molecule has 80 heavy (non-hydrogen) atoms. The molecule has 2 aliphatic rings. The lowest BCUT2D eigenvalue weighted by molar-refractivity contribution is -0.184. The van der Waals surface area contributed by atoms with Crippen molar-refractivity contribution >= 4 is 39.2 Å². The van der Waals surface area contributed by atoms with E-state index in [0.29, 0.717) is 38.5 Å². The highest BCUT2D eigenvalue weighted by molar-refractivity contribution is 7.61. The fourth-order valence-electron chi connectivity index (χ4n) is 10.1. The predicted octanol–water partition coefficient (Wildman–Crippen LogP) is 10.4. The topological polar surface area (TPSA) is 323 Å². The molecule has 2 bridgehead atoms. The monoisotopic (exact) mass is 1180 g/mol. The van der Waals surface area contributed by atoms with Crippen molar-refractivity contribution in [2.24, 2.45) is 17.8 Å². The summed E-state index contributed by atoms with van der Waals surface area (Å²) in [6, 6.07) is 1.24. The molecule has 3 heterocycles. The zero-order valence-electron chi connectivity index (χ0n) is 48.3. The minimum Gasteiger partial charge on any atom is -0.462 e. The Kier molecular flexibility index (Phi) is 36.0. The van der Waals surface area contributed by atoms with Crippen molar-refractivity contribution in [3.63, 3.8) is 0 Å². The van der Waals surface area contributed by atoms with Gasteiger partial charge in [-0.05, 0) is 37.7 Å². The number of fused-ring (bicyclic) bond motifs is 3. The van der Waals surface area contributed by atoms with Gasteiger partial charge in [0.15, 0.2) is 6.10 Å². The number of phosphoric acid groups is 2. The summed E-state index contributed by atoms with van der Waals surface area (Å²) in [7, 11) is -11.3. The van der Waals surface area contributed by atoms with E-state index in [-0.39, 0.29) is 31.5 Å². The first-order chi connectivity index (χ1) is 38.3. The van der Waals surface area contributed by atoms with Gasteiger partial charge in [-0.25, -0.2) is 13.9 Å². The molecule has 0 aromatic carbocycles. The van der Waals surface area contributed by atoms with Gasteiger partial charge in [0.25, 0.3) is 0 Å². The van der Waals surface area contributed by atoms with E-state index in [9.17, 15) is 58.5 Å². The van der Waals surface area contributed by atoms with Gasteiger partial charge >= 0.3 is 33.3 Å². The summed E-state index contributed by atoms with van der Waals surface area (Å²) in [4.78, 5) is 78.7. The van der Waals surface area contributed by atoms with Crippen LogP contribution in [-0.4, -0.2) is 114 Å². The van der Waals surface area contributed by atoms with E-state index in [4.69, 9.17) is 29.0 Å². The van der Waals surface area contributed by atoms with Crippen molar-refractivity contribution < 1.29 is 81.3 Å². The van der Waals surface area contributed by atoms with Crippen molar-refractivity contribution in [3.8, 4) is 0 Å². The highest BCUT2D eigenvalue weighted by Gasteiger charge is 2.45. The Labute approximate surface area is 475 Å². The Hall–Kier alpha value is -2.91. The lowest BCUT2D eigenvalue weighted by atomic mass is 9.83. The fraction of sp³-hybridized carbons (Fsp3) is 0.842. The van der Waals surface area contributed by atoms with Crippen LogP contribution < -0.4 is 11.4 Å². The molecule has 0 saturated carbocycles. The van der Waals surface area contributed by atoms with E-state index >= 15 is 0 Å². The molecule has 8 N–H and O–H groups in total. The van der Waals surface area contributed by atoms with E-state index in [1.54, 1.807) is 0 Å². The number of ether oxygens (including phenoxy) is 3. The van der Waals surface area contributed by atoms with E-state index in [2.05, 4.69) is 23.1 Å². The SMILES string of the molecule is CCCCC[C@H](O)/C=C\[C@@H]1[C@H](O)[C@H](O)[C@H]2COP(=O)(O)OP(=O)(O)OC[C@@H](COC(=O)CCCCCCCCCCCCCCCCCCCCC(C)CC)OC(=O)CCCCCC[C@@H](C(=O)C[C@H]1O)[C@H](n1ccc(N)nc1=O)O2. The molecular weight excluding hydrogens is 1080 g/mol. The van der Waals surface area contributed by atoms with E-state index in [1.165, 1.54) is 121 Å². The molecule has 12 atom stereocenters. The zero-order chi connectivity index (χ0) is 58.8. The number of carbonyl (C=O) groups excluding carboxylic acids is 3. The van der Waals surface area contributed by atoms with Gasteiger partial charge in [0.1, 0.15) is 36.6 Å². The van der Waals surface area contributed by atoms with Crippen LogP contribution >= 0.6 is 15.6 Å².